The van der Waals surface area contributed by atoms with Gasteiger partial charge in [0.25, 0.3) is 0 Å². The predicted octanol–water partition coefficient (Wildman–Crippen LogP) is 5.03. The molecule has 98 valence electrons. The fourth-order valence-electron chi connectivity index (χ4n) is 2.32. The Bertz CT molecular complexity index is 788. The van der Waals surface area contributed by atoms with Gasteiger partial charge in [0.15, 0.2) is 5.78 Å². The summed E-state index contributed by atoms with van der Waals surface area (Å²) in [6.45, 7) is 2.01. The van der Waals surface area contributed by atoms with Crippen LogP contribution >= 0.6 is 11.6 Å². The van der Waals surface area contributed by atoms with E-state index < -0.39 is 0 Å². The fraction of sp³-hybridized carbons (Fsp3) is 0.0556. The Balaban J connectivity index is 2.17. The number of carbonyl (C=O) groups is 1. The molecule has 3 aromatic carbocycles. The fourth-order valence-corrected chi connectivity index (χ4v) is 2.55. The molecule has 0 amide bonds. The van der Waals surface area contributed by atoms with Crippen LogP contribution in [0.5, 0.6) is 0 Å². The maximum Gasteiger partial charge on any atom is 0.193 e. The summed E-state index contributed by atoms with van der Waals surface area (Å²) in [6.07, 6.45) is 0. The normalized spacial score (nSPS) is 10.7. The number of fused-ring (bicyclic) bond motifs is 1. The van der Waals surface area contributed by atoms with Gasteiger partial charge in [0.05, 0.1) is 0 Å². The molecule has 0 atom stereocenters. The van der Waals surface area contributed by atoms with Gasteiger partial charge in [0.2, 0.25) is 0 Å². The minimum Gasteiger partial charge on any atom is -0.289 e. The van der Waals surface area contributed by atoms with Crippen molar-refractivity contribution in [3.63, 3.8) is 0 Å². The maximum atomic E-state index is 12.6. The van der Waals surface area contributed by atoms with Gasteiger partial charge in [-0.25, -0.2) is 0 Å². The van der Waals surface area contributed by atoms with E-state index >= 15 is 0 Å². The number of aryl methyl sites for hydroxylation is 1. The molecule has 0 aliphatic rings. The molecule has 0 heterocycles. The number of carbonyl (C=O) groups excluding carboxylic acids is 1. The molecule has 20 heavy (non-hydrogen) atoms. The molecule has 0 N–H and O–H groups in total. The Labute approximate surface area is 122 Å². The van der Waals surface area contributed by atoms with Crippen LogP contribution in [0.4, 0.5) is 0 Å². The van der Waals surface area contributed by atoms with Crippen LogP contribution in [0.3, 0.4) is 0 Å². The second-order valence-corrected chi connectivity index (χ2v) is 5.24. The Morgan fingerprint density at radius 2 is 1.50 bits per heavy atom. The van der Waals surface area contributed by atoms with Crippen LogP contribution in [0, 0.1) is 6.92 Å². The summed E-state index contributed by atoms with van der Waals surface area (Å²) in [5.74, 6) is 0.0258. The van der Waals surface area contributed by atoms with Gasteiger partial charge in [-0.15, -0.1) is 0 Å². The van der Waals surface area contributed by atoms with Gasteiger partial charge in [0.1, 0.15) is 0 Å². The molecule has 0 aliphatic heterocycles. The van der Waals surface area contributed by atoms with Gasteiger partial charge in [0, 0.05) is 21.5 Å². The van der Waals surface area contributed by atoms with Crippen molar-refractivity contribution in [3.8, 4) is 0 Å². The number of hydrogen-bond acceptors (Lipinski definition) is 1. The van der Waals surface area contributed by atoms with Crippen LogP contribution in [0.1, 0.15) is 21.5 Å². The molecule has 3 aromatic rings. The summed E-state index contributed by atoms with van der Waals surface area (Å²) in [5.41, 5.74) is 2.53. The van der Waals surface area contributed by atoms with Gasteiger partial charge >= 0.3 is 0 Å². The number of ketones is 1. The molecule has 0 spiro atoms. The van der Waals surface area contributed by atoms with Crippen LogP contribution < -0.4 is 0 Å². The van der Waals surface area contributed by atoms with Crippen LogP contribution in [0.2, 0.25) is 5.02 Å². The summed E-state index contributed by atoms with van der Waals surface area (Å²) in [4.78, 5) is 12.6. The van der Waals surface area contributed by atoms with Crippen molar-refractivity contribution in [3.05, 3.63) is 82.4 Å². The van der Waals surface area contributed by atoms with Crippen molar-refractivity contribution in [2.45, 2.75) is 6.92 Å². The number of halogens is 1. The second-order valence-electron chi connectivity index (χ2n) is 4.84. The standard InChI is InChI=1S/C18H13ClO/c1-12-6-8-13(9-7-12)18(20)16-10-11-17(19)15-5-3-2-4-14(15)16/h2-11H,1H3. The minimum absolute atomic E-state index is 0.0258. The van der Waals surface area contributed by atoms with Crippen molar-refractivity contribution >= 4 is 28.2 Å². The van der Waals surface area contributed by atoms with Crippen LogP contribution in [0.25, 0.3) is 10.8 Å². The monoisotopic (exact) mass is 280 g/mol. The van der Waals surface area contributed by atoms with Crippen molar-refractivity contribution in [2.75, 3.05) is 0 Å². The molecule has 0 radical (unpaired) electrons. The highest BCUT2D eigenvalue weighted by Gasteiger charge is 2.13. The zero-order chi connectivity index (χ0) is 14.1. The van der Waals surface area contributed by atoms with Gasteiger partial charge in [-0.05, 0) is 24.4 Å². The molecular weight excluding hydrogens is 268 g/mol. The molecule has 3 rings (SSSR count). The minimum atomic E-state index is 0.0258. The lowest BCUT2D eigenvalue weighted by molar-refractivity contribution is 0.104. The van der Waals surface area contributed by atoms with E-state index in [2.05, 4.69) is 0 Å². The van der Waals surface area contributed by atoms with E-state index in [4.69, 9.17) is 11.6 Å². The molecule has 0 aromatic heterocycles. The van der Waals surface area contributed by atoms with E-state index in [0.717, 1.165) is 16.3 Å². The lowest BCUT2D eigenvalue weighted by atomic mass is 9.97. The summed E-state index contributed by atoms with van der Waals surface area (Å²) in [7, 11) is 0. The largest absolute Gasteiger partial charge is 0.289 e. The third-order valence-electron chi connectivity index (χ3n) is 3.43. The van der Waals surface area contributed by atoms with Crippen molar-refractivity contribution < 1.29 is 4.79 Å². The molecule has 0 saturated carbocycles. The number of benzene rings is 3. The quantitative estimate of drug-likeness (QED) is 0.602. The molecule has 1 nitrogen and oxygen atoms in total. The van der Waals surface area contributed by atoms with E-state index in [1.54, 1.807) is 12.1 Å². The average Bonchev–Trinajstić information content (AvgIpc) is 2.48. The molecule has 0 bridgehead atoms. The lowest BCUT2D eigenvalue weighted by Crippen LogP contribution is -2.02. The first-order valence-electron chi connectivity index (χ1n) is 6.45. The highest BCUT2D eigenvalue weighted by Crippen LogP contribution is 2.27. The molecule has 0 unspecified atom stereocenters. The molecule has 0 fully saturated rings. The van der Waals surface area contributed by atoms with Gasteiger partial charge in [-0.2, -0.15) is 0 Å². The summed E-state index contributed by atoms with van der Waals surface area (Å²) in [5, 5.41) is 2.47. The molecule has 2 heteroatoms. The summed E-state index contributed by atoms with van der Waals surface area (Å²) >= 11 is 6.19. The first-order chi connectivity index (χ1) is 9.66. The van der Waals surface area contributed by atoms with E-state index in [0.29, 0.717) is 16.1 Å². The number of rotatable bonds is 2. The third-order valence-corrected chi connectivity index (χ3v) is 3.76. The Hall–Kier alpha value is -2.12. The van der Waals surface area contributed by atoms with E-state index in [1.807, 2.05) is 55.5 Å². The zero-order valence-electron chi connectivity index (χ0n) is 11.1. The Kier molecular flexibility index (Phi) is 3.29. The average molecular weight is 281 g/mol. The molecule has 0 aliphatic carbocycles. The van der Waals surface area contributed by atoms with Crippen molar-refractivity contribution in [1.29, 1.82) is 0 Å². The van der Waals surface area contributed by atoms with E-state index in [1.165, 1.54) is 0 Å². The number of hydrogen-bond donors (Lipinski definition) is 0. The van der Waals surface area contributed by atoms with E-state index in [9.17, 15) is 4.79 Å². The topological polar surface area (TPSA) is 17.1 Å². The highest BCUT2D eigenvalue weighted by molar-refractivity contribution is 6.36. The first kappa shape index (κ1) is 12.9. The van der Waals surface area contributed by atoms with Crippen molar-refractivity contribution in [1.82, 2.24) is 0 Å². The lowest BCUT2D eigenvalue weighted by Gasteiger charge is -2.07. The van der Waals surface area contributed by atoms with Crippen molar-refractivity contribution in [2.24, 2.45) is 0 Å². The Morgan fingerprint density at radius 3 is 2.20 bits per heavy atom. The third kappa shape index (κ3) is 2.21. The van der Waals surface area contributed by atoms with Crippen LogP contribution in [0.15, 0.2) is 60.7 Å². The predicted molar refractivity (Wildman–Crippen MR) is 83.6 cm³/mol. The van der Waals surface area contributed by atoms with Crippen LogP contribution in [-0.4, -0.2) is 5.78 Å². The van der Waals surface area contributed by atoms with E-state index in [-0.39, 0.29) is 5.78 Å². The van der Waals surface area contributed by atoms with Gasteiger partial charge in [-0.3, -0.25) is 4.79 Å². The SMILES string of the molecule is Cc1ccc(C(=O)c2ccc(Cl)c3ccccc23)cc1. The summed E-state index contributed by atoms with van der Waals surface area (Å²) in [6, 6.07) is 18.9. The van der Waals surface area contributed by atoms with Crippen LogP contribution in [-0.2, 0) is 0 Å². The highest BCUT2D eigenvalue weighted by atomic mass is 35.5. The van der Waals surface area contributed by atoms with Gasteiger partial charge < -0.3 is 0 Å². The Morgan fingerprint density at radius 1 is 0.850 bits per heavy atom. The molecular formula is C18H13ClO. The smallest absolute Gasteiger partial charge is 0.193 e. The summed E-state index contributed by atoms with van der Waals surface area (Å²) < 4.78 is 0. The molecule has 0 saturated heterocycles. The first-order valence-corrected chi connectivity index (χ1v) is 6.83. The zero-order valence-corrected chi connectivity index (χ0v) is 11.8. The second kappa shape index (κ2) is 5.10. The maximum absolute atomic E-state index is 12.6. The van der Waals surface area contributed by atoms with Gasteiger partial charge in [-0.1, -0.05) is 65.7 Å².